The summed E-state index contributed by atoms with van der Waals surface area (Å²) in [6.45, 7) is 5.77. The Balaban J connectivity index is 2.42. The molecule has 0 aliphatic carbocycles. The van der Waals surface area contributed by atoms with Crippen molar-refractivity contribution in [2.45, 2.75) is 25.7 Å². The van der Waals surface area contributed by atoms with Gasteiger partial charge in [-0.3, -0.25) is 4.72 Å². The molecule has 112 valence electrons. The van der Waals surface area contributed by atoms with E-state index in [1.165, 1.54) is 0 Å². The van der Waals surface area contributed by atoms with E-state index in [0.29, 0.717) is 10.2 Å². The number of hydrogen-bond donors (Lipinski definition) is 1. The molecule has 0 saturated carbocycles. The maximum absolute atomic E-state index is 12.5. The van der Waals surface area contributed by atoms with Crippen LogP contribution in [0.25, 0.3) is 0 Å². The fourth-order valence-electron chi connectivity index (χ4n) is 2.04. The zero-order chi connectivity index (χ0) is 15.8. The van der Waals surface area contributed by atoms with Crippen LogP contribution in [0.1, 0.15) is 16.7 Å². The van der Waals surface area contributed by atoms with Gasteiger partial charge in [-0.25, -0.2) is 8.42 Å². The van der Waals surface area contributed by atoms with Crippen LogP contribution in [0.4, 0.5) is 5.69 Å². The quantitative estimate of drug-likeness (QED) is 0.746. The predicted octanol–water partition coefficient (Wildman–Crippen LogP) is 4.94. The molecule has 0 bridgehead atoms. The summed E-state index contributed by atoms with van der Waals surface area (Å²) in [5.74, 6) is 0. The van der Waals surface area contributed by atoms with Crippen molar-refractivity contribution in [3.05, 3.63) is 56.0 Å². The van der Waals surface area contributed by atoms with Gasteiger partial charge < -0.3 is 0 Å². The molecule has 0 aromatic heterocycles. The van der Waals surface area contributed by atoms with E-state index in [-0.39, 0.29) is 4.90 Å². The average Bonchev–Trinajstić information content (AvgIpc) is 2.34. The highest BCUT2D eigenvalue weighted by Gasteiger charge is 2.18. The molecule has 3 nitrogen and oxygen atoms in total. The van der Waals surface area contributed by atoms with Crippen LogP contribution in [0.3, 0.4) is 0 Å². The number of rotatable bonds is 3. The molecule has 21 heavy (non-hydrogen) atoms. The summed E-state index contributed by atoms with van der Waals surface area (Å²) in [6, 6.07) is 8.76. The van der Waals surface area contributed by atoms with E-state index < -0.39 is 10.0 Å². The van der Waals surface area contributed by atoms with Gasteiger partial charge in [0.15, 0.2) is 0 Å². The average molecular weight is 433 g/mol. The largest absolute Gasteiger partial charge is 0.280 e. The Kier molecular flexibility index (Phi) is 4.80. The van der Waals surface area contributed by atoms with E-state index in [2.05, 4.69) is 36.6 Å². The number of benzene rings is 2. The van der Waals surface area contributed by atoms with Crippen LogP contribution < -0.4 is 4.72 Å². The molecule has 2 aromatic rings. The third kappa shape index (κ3) is 3.67. The first-order valence-corrected chi connectivity index (χ1v) is 9.33. The van der Waals surface area contributed by atoms with Crippen LogP contribution >= 0.6 is 31.9 Å². The van der Waals surface area contributed by atoms with Crippen molar-refractivity contribution in [2.24, 2.45) is 0 Å². The molecule has 0 aliphatic rings. The molecule has 1 N–H and O–H groups in total. The minimum atomic E-state index is -3.62. The summed E-state index contributed by atoms with van der Waals surface area (Å²) in [7, 11) is -3.62. The molecule has 0 amide bonds. The first-order valence-electron chi connectivity index (χ1n) is 6.26. The summed E-state index contributed by atoms with van der Waals surface area (Å²) < 4.78 is 29.1. The Hall–Kier alpha value is -0.850. The summed E-state index contributed by atoms with van der Waals surface area (Å²) in [4.78, 5) is 0.228. The minimum absolute atomic E-state index is 0.228. The van der Waals surface area contributed by atoms with Crippen LogP contribution in [0.15, 0.2) is 44.2 Å². The standard InChI is InChI=1S/C15H15Br2NO2S/c1-9-4-5-14(13(16)6-9)21(19,20)18-12-7-10(2)15(17)11(3)8-12/h4-8,18H,1-3H3. The van der Waals surface area contributed by atoms with Gasteiger partial charge >= 0.3 is 0 Å². The van der Waals surface area contributed by atoms with Crippen molar-refractivity contribution < 1.29 is 8.42 Å². The topological polar surface area (TPSA) is 46.2 Å². The summed E-state index contributed by atoms with van der Waals surface area (Å²) >= 11 is 6.78. The van der Waals surface area contributed by atoms with E-state index in [1.54, 1.807) is 30.3 Å². The number of nitrogens with one attached hydrogen (secondary N) is 1. The van der Waals surface area contributed by atoms with Gasteiger partial charge in [0.25, 0.3) is 10.0 Å². The number of hydrogen-bond acceptors (Lipinski definition) is 2. The SMILES string of the molecule is Cc1ccc(S(=O)(=O)Nc2cc(C)c(Br)c(C)c2)c(Br)c1. The highest BCUT2D eigenvalue weighted by Crippen LogP contribution is 2.28. The number of aryl methyl sites for hydroxylation is 3. The number of anilines is 1. The summed E-state index contributed by atoms with van der Waals surface area (Å²) in [6.07, 6.45) is 0. The van der Waals surface area contributed by atoms with Crippen LogP contribution in [0, 0.1) is 20.8 Å². The lowest BCUT2D eigenvalue weighted by Crippen LogP contribution is -2.14. The number of halogens is 2. The zero-order valence-corrected chi connectivity index (χ0v) is 15.9. The smallest absolute Gasteiger partial charge is 0.263 e. The van der Waals surface area contributed by atoms with E-state index >= 15 is 0 Å². The van der Waals surface area contributed by atoms with E-state index in [9.17, 15) is 8.42 Å². The van der Waals surface area contributed by atoms with Gasteiger partial charge in [0, 0.05) is 14.6 Å². The van der Waals surface area contributed by atoms with Crippen molar-refractivity contribution in [1.29, 1.82) is 0 Å². The minimum Gasteiger partial charge on any atom is -0.280 e. The lowest BCUT2D eigenvalue weighted by atomic mass is 10.1. The van der Waals surface area contributed by atoms with Gasteiger partial charge in [-0.15, -0.1) is 0 Å². The molecule has 0 heterocycles. The van der Waals surface area contributed by atoms with E-state index in [0.717, 1.165) is 21.2 Å². The second kappa shape index (κ2) is 6.10. The Labute approximate surface area is 142 Å². The molecular weight excluding hydrogens is 418 g/mol. The molecule has 0 atom stereocenters. The maximum Gasteiger partial charge on any atom is 0.263 e. The second-order valence-corrected chi connectivity index (χ2v) is 8.26. The zero-order valence-electron chi connectivity index (χ0n) is 11.9. The molecule has 0 radical (unpaired) electrons. The van der Waals surface area contributed by atoms with E-state index in [4.69, 9.17) is 0 Å². The molecular formula is C15H15Br2NO2S. The van der Waals surface area contributed by atoms with Crippen LogP contribution in [-0.2, 0) is 10.0 Å². The molecule has 0 spiro atoms. The fourth-order valence-corrected chi connectivity index (χ4v) is 4.50. The Morgan fingerprint density at radius 2 is 1.52 bits per heavy atom. The lowest BCUT2D eigenvalue weighted by molar-refractivity contribution is 0.600. The third-order valence-electron chi connectivity index (χ3n) is 3.07. The first-order chi connectivity index (χ1) is 9.70. The Bertz CT molecular complexity index is 778. The van der Waals surface area contributed by atoms with Crippen molar-refractivity contribution in [1.82, 2.24) is 0 Å². The Morgan fingerprint density at radius 1 is 0.952 bits per heavy atom. The number of sulfonamides is 1. The molecule has 0 aliphatic heterocycles. The third-order valence-corrected chi connectivity index (χ3v) is 6.67. The molecule has 6 heteroatoms. The molecule has 0 fully saturated rings. The first kappa shape index (κ1) is 16.5. The molecule has 2 rings (SSSR count). The summed E-state index contributed by atoms with van der Waals surface area (Å²) in [5.41, 5.74) is 3.52. The van der Waals surface area contributed by atoms with Gasteiger partial charge in [0.05, 0.1) is 0 Å². The van der Waals surface area contributed by atoms with Crippen molar-refractivity contribution in [2.75, 3.05) is 4.72 Å². The van der Waals surface area contributed by atoms with Crippen LogP contribution in [-0.4, -0.2) is 8.42 Å². The normalized spacial score (nSPS) is 11.5. The van der Waals surface area contributed by atoms with Gasteiger partial charge in [0.1, 0.15) is 4.90 Å². The van der Waals surface area contributed by atoms with Crippen molar-refractivity contribution in [3.8, 4) is 0 Å². The van der Waals surface area contributed by atoms with Crippen LogP contribution in [0.2, 0.25) is 0 Å². The lowest BCUT2D eigenvalue weighted by Gasteiger charge is -2.12. The highest BCUT2D eigenvalue weighted by molar-refractivity contribution is 9.10. The monoisotopic (exact) mass is 431 g/mol. The van der Waals surface area contributed by atoms with Gasteiger partial charge in [-0.2, -0.15) is 0 Å². The second-order valence-electron chi connectivity index (χ2n) is 4.96. The van der Waals surface area contributed by atoms with Gasteiger partial charge in [0.2, 0.25) is 0 Å². The molecule has 0 unspecified atom stereocenters. The fraction of sp³-hybridized carbons (Fsp3) is 0.200. The van der Waals surface area contributed by atoms with Gasteiger partial charge in [-0.05, 0) is 77.7 Å². The molecule has 0 saturated heterocycles. The Morgan fingerprint density at radius 3 is 2.05 bits per heavy atom. The predicted molar refractivity (Wildman–Crippen MR) is 93.3 cm³/mol. The van der Waals surface area contributed by atoms with Crippen molar-refractivity contribution in [3.63, 3.8) is 0 Å². The van der Waals surface area contributed by atoms with Gasteiger partial charge in [-0.1, -0.05) is 22.0 Å². The van der Waals surface area contributed by atoms with Crippen molar-refractivity contribution >= 4 is 47.6 Å². The molecule has 2 aromatic carbocycles. The highest BCUT2D eigenvalue weighted by atomic mass is 79.9. The maximum atomic E-state index is 12.5. The van der Waals surface area contributed by atoms with Crippen LogP contribution in [0.5, 0.6) is 0 Å². The summed E-state index contributed by atoms with van der Waals surface area (Å²) in [5, 5.41) is 0. The van der Waals surface area contributed by atoms with E-state index in [1.807, 2.05) is 20.8 Å².